The standard InChI is InChI=1S/C5H8FNO3/c6-3-1-7(5(9)10)2-4(3)8/h3-4,8H,1-2H2,(H,9,10)/t3-,4-/m0/s1. The van der Waals surface area contributed by atoms with Crippen molar-refractivity contribution in [3.63, 3.8) is 0 Å². The van der Waals surface area contributed by atoms with Gasteiger partial charge in [-0.3, -0.25) is 0 Å². The van der Waals surface area contributed by atoms with Crippen molar-refractivity contribution in [2.45, 2.75) is 12.3 Å². The minimum Gasteiger partial charge on any atom is -0.465 e. The predicted molar refractivity (Wildman–Crippen MR) is 30.5 cm³/mol. The van der Waals surface area contributed by atoms with Crippen molar-refractivity contribution in [2.24, 2.45) is 0 Å². The number of aliphatic hydroxyl groups is 1. The Morgan fingerprint density at radius 1 is 1.60 bits per heavy atom. The lowest BCUT2D eigenvalue weighted by Gasteiger charge is -2.07. The summed E-state index contributed by atoms with van der Waals surface area (Å²) in [6, 6.07) is 0. The zero-order chi connectivity index (χ0) is 7.72. The number of carboxylic acid groups (broad SMARTS) is 1. The zero-order valence-electron chi connectivity index (χ0n) is 5.20. The van der Waals surface area contributed by atoms with Crippen LogP contribution >= 0.6 is 0 Å². The van der Waals surface area contributed by atoms with Gasteiger partial charge in [0.05, 0.1) is 13.1 Å². The Kier molecular flexibility index (Phi) is 1.76. The van der Waals surface area contributed by atoms with E-state index in [1.165, 1.54) is 0 Å². The number of rotatable bonds is 0. The summed E-state index contributed by atoms with van der Waals surface area (Å²) < 4.78 is 12.4. The lowest BCUT2D eigenvalue weighted by atomic mass is 10.3. The molecule has 0 saturated carbocycles. The van der Waals surface area contributed by atoms with Crippen molar-refractivity contribution in [3.05, 3.63) is 0 Å². The molecule has 5 heteroatoms. The largest absolute Gasteiger partial charge is 0.465 e. The second kappa shape index (κ2) is 2.42. The first kappa shape index (κ1) is 7.27. The maximum Gasteiger partial charge on any atom is 0.407 e. The molecular formula is C5H8FNO3. The summed E-state index contributed by atoms with van der Waals surface area (Å²) in [6.45, 7) is -0.326. The Balaban J connectivity index is 2.49. The number of nitrogens with zero attached hydrogens (tertiary/aromatic N) is 1. The first-order chi connectivity index (χ1) is 4.61. The fraction of sp³-hybridized carbons (Fsp3) is 0.800. The molecule has 0 unspecified atom stereocenters. The summed E-state index contributed by atoms with van der Waals surface area (Å²) in [5, 5.41) is 17.0. The Labute approximate surface area is 56.9 Å². The van der Waals surface area contributed by atoms with Crippen LogP contribution in [0.3, 0.4) is 0 Å². The highest BCUT2D eigenvalue weighted by atomic mass is 19.1. The van der Waals surface area contributed by atoms with Crippen molar-refractivity contribution in [2.75, 3.05) is 13.1 Å². The molecule has 1 aliphatic heterocycles. The number of amides is 1. The Hall–Kier alpha value is -0.840. The number of likely N-dealkylation sites (tertiary alicyclic amines) is 1. The summed E-state index contributed by atoms with van der Waals surface area (Å²) in [7, 11) is 0. The molecule has 2 atom stereocenters. The SMILES string of the molecule is O=C(O)N1C[C@H](O)[C@@H](F)C1. The highest BCUT2D eigenvalue weighted by Crippen LogP contribution is 2.12. The molecule has 0 aliphatic carbocycles. The molecular weight excluding hydrogens is 141 g/mol. The van der Waals surface area contributed by atoms with Crippen LogP contribution < -0.4 is 0 Å². The fourth-order valence-electron chi connectivity index (χ4n) is 0.903. The van der Waals surface area contributed by atoms with E-state index in [1.807, 2.05) is 0 Å². The van der Waals surface area contributed by atoms with Gasteiger partial charge in [-0.25, -0.2) is 9.18 Å². The molecule has 1 saturated heterocycles. The number of aliphatic hydroxyl groups excluding tert-OH is 1. The molecule has 0 aromatic heterocycles. The van der Waals surface area contributed by atoms with E-state index in [4.69, 9.17) is 10.2 Å². The summed E-state index contributed by atoms with van der Waals surface area (Å²) in [6.07, 6.45) is -3.74. The zero-order valence-corrected chi connectivity index (χ0v) is 5.20. The summed E-state index contributed by atoms with van der Waals surface area (Å²) in [5.74, 6) is 0. The number of hydrogen-bond donors (Lipinski definition) is 2. The number of hydrogen-bond acceptors (Lipinski definition) is 2. The Bertz CT molecular complexity index is 142. The highest BCUT2D eigenvalue weighted by Gasteiger charge is 2.33. The average molecular weight is 149 g/mol. The number of halogens is 1. The summed E-state index contributed by atoms with van der Waals surface area (Å²) >= 11 is 0. The van der Waals surface area contributed by atoms with Gasteiger partial charge in [0.2, 0.25) is 0 Å². The minimum absolute atomic E-state index is 0.115. The minimum atomic E-state index is -1.42. The third kappa shape index (κ3) is 1.18. The van der Waals surface area contributed by atoms with Crippen molar-refractivity contribution < 1.29 is 19.4 Å². The molecule has 58 valence electrons. The van der Waals surface area contributed by atoms with E-state index in [0.717, 1.165) is 4.90 Å². The van der Waals surface area contributed by atoms with E-state index in [2.05, 4.69) is 0 Å². The third-order valence-corrected chi connectivity index (χ3v) is 1.49. The van der Waals surface area contributed by atoms with Gasteiger partial charge >= 0.3 is 6.09 Å². The van der Waals surface area contributed by atoms with E-state index in [-0.39, 0.29) is 13.1 Å². The van der Waals surface area contributed by atoms with Gasteiger partial charge in [0.1, 0.15) is 12.3 Å². The van der Waals surface area contributed by atoms with Crippen LogP contribution in [0.15, 0.2) is 0 Å². The molecule has 0 spiro atoms. The molecule has 0 radical (unpaired) electrons. The van der Waals surface area contributed by atoms with Gasteiger partial charge in [-0.1, -0.05) is 0 Å². The van der Waals surface area contributed by atoms with Gasteiger partial charge in [-0.05, 0) is 0 Å². The number of β-amino-alcohol motifs (C(OH)–C–C–N with tert-alkyl or cyclic N) is 1. The smallest absolute Gasteiger partial charge is 0.407 e. The van der Waals surface area contributed by atoms with Gasteiger partial charge in [0.15, 0.2) is 0 Å². The van der Waals surface area contributed by atoms with Crippen LogP contribution in [0.25, 0.3) is 0 Å². The number of alkyl halides is 1. The van der Waals surface area contributed by atoms with E-state index in [9.17, 15) is 9.18 Å². The molecule has 1 fully saturated rings. The Morgan fingerprint density at radius 3 is 2.40 bits per heavy atom. The molecule has 0 aromatic carbocycles. The second-order valence-electron chi connectivity index (χ2n) is 2.27. The molecule has 2 N–H and O–H groups in total. The van der Waals surface area contributed by atoms with Crippen molar-refractivity contribution in [3.8, 4) is 0 Å². The van der Waals surface area contributed by atoms with E-state index >= 15 is 0 Å². The maximum atomic E-state index is 12.4. The van der Waals surface area contributed by atoms with Gasteiger partial charge < -0.3 is 15.1 Å². The van der Waals surface area contributed by atoms with Crippen LogP contribution in [0.1, 0.15) is 0 Å². The van der Waals surface area contributed by atoms with Crippen LogP contribution in [0.5, 0.6) is 0 Å². The number of carbonyl (C=O) groups is 1. The van der Waals surface area contributed by atoms with Gasteiger partial charge in [0, 0.05) is 0 Å². The average Bonchev–Trinajstić information content (AvgIpc) is 2.13. The molecule has 1 rings (SSSR count). The van der Waals surface area contributed by atoms with Crippen LogP contribution in [-0.4, -0.2) is 46.6 Å². The molecule has 1 heterocycles. The third-order valence-electron chi connectivity index (χ3n) is 1.49. The van der Waals surface area contributed by atoms with Crippen LogP contribution in [-0.2, 0) is 0 Å². The monoisotopic (exact) mass is 149 g/mol. The molecule has 0 aromatic rings. The molecule has 1 aliphatic rings. The Morgan fingerprint density at radius 2 is 2.20 bits per heavy atom. The lowest BCUT2D eigenvalue weighted by Crippen LogP contribution is -2.27. The van der Waals surface area contributed by atoms with E-state index < -0.39 is 18.4 Å². The van der Waals surface area contributed by atoms with Crippen LogP contribution in [0, 0.1) is 0 Å². The van der Waals surface area contributed by atoms with Gasteiger partial charge in [-0.2, -0.15) is 0 Å². The molecule has 4 nitrogen and oxygen atoms in total. The first-order valence-electron chi connectivity index (χ1n) is 2.91. The van der Waals surface area contributed by atoms with E-state index in [0.29, 0.717) is 0 Å². The van der Waals surface area contributed by atoms with E-state index in [1.54, 1.807) is 0 Å². The van der Waals surface area contributed by atoms with Gasteiger partial charge in [0.25, 0.3) is 0 Å². The van der Waals surface area contributed by atoms with Crippen LogP contribution in [0.2, 0.25) is 0 Å². The first-order valence-corrected chi connectivity index (χ1v) is 2.91. The molecule has 0 bridgehead atoms. The topological polar surface area (TPSA) is 60.8 Å². The quantitative estimate of drug-likeness (QED) is 0.496. The van der Waals surface area contributed by atoms with Gasteiger partial charge in [-0.15, -0.1) is 0 Å². The lowest BCUT2D eigenvalue weighted by molar-refractivity contribution is 0.114. The molecule has 10 heavy (non-hydrogen) atoms. The summed E-state index contributed by atoms with van der Waals surface area (Å²) in [5.41, 5.74) is 0. The second-order valence-corrected chi connectivity index (χ2v) is 2.27. The summed E-state index contributed by atoms with van der Waals surface area (Å²) in [4.78, 5) is 11.0. The van der Waals surface area contributed by atoms with Crippen LogP contribution in [0.4, 0.5) is 9.18 Å². The predicted octanol–water partition coefficient (Wildman–Crippen LogP) is -0.321. The normalized spacial score (nSPS) is 32.8. The van der Waals surface area contributed by atoms with Crippen molar-refractivity contribution in [1.29, 1.82) is 0 Å². The fourth-order valence-corrected chi connectivity index (χ4v) is 0.903. The highest BCUT2D eigenvalue weighted by molar-refractivity contribution is 5.65. The maximum absolute atomic E-state index is 12.4. The van der Waals surface area contributed by atoms with Crippen molar-refractivity contribution >= 4 is 6.09 Å². The molecule has 1 amide bonds. The van der Waals surface area contributed by atoms with Crippen molar-refractivity contribution in [1.82, 2.24) is 4.90 Å².